The van der Waals surface area contributed by atoms with Crippen molar-refractivity contribution in [2.75, 3.05) is 13.2 Å². The van der Waals surface area contributed by atoms with Crippen LogP contribution in [-0.2, 0) is 15.9 Å². The topological polar surface area (TPSA) is 18.5 Å². The third kappa shape index (κ3) is 3.85. The van der Waals surface area contributed by atoms with Crippen LogP contribution in [0.25, 0.3) is 10.8 Å². The van der Waals surface area contributed by atoms with Gasteiger partial charge in [0.2, 0.25) is 0 Å². The Morgan fingerprint density at radius 2 is 2.05 bits per heavy atom. The van der Waals surface area contributed by atoms with E-state index in [4.69, 9.17) is 9.47 Å². The zero-order valence-electron chi connectivity index (χ0n) is 12.2. The van der Waals surface area contributed by atoms with Gasteiger partial charge in [-0.25, -0.2) is 0 Å². The van der Waals surface area contributed by atoms with E-state index in [-0.39, 0.29) is 6.29 Å². The van der Waals surface area contributed by atoms with Gasteiger partial charge in [0, 0.05) is 11.1 Å². The molecule has 0 saturated carbocycles. The molecule has 0 bridgehead atoms. The van der Waals surface area contributed by atoms with Crippen LogP contribution in [0.4, 0.5) is 0 Å². The van der Waals surface area contributed by atoms with Crippen molar-refractivity contribution in [1.82, 2.24) is 0 Å². The summed E-state index contributed by atoms with van der Waals surface area (Å²) in [5, 5.41) is 2.56. The molecule has 1 aliphatic heterocycles. The standard InChI is InChI=1S/C18H21BrO2/c19-18-15(11-10-14-6-1-2-8-16(14)18)7-5-13-21-17-9-3-4-12-20-17/h1-2,6,8,10-11,17H,3-5,7,9,12-13H2/t17-/m1/s1. The molecule has 1 atom stereocenters. The average Bonchev–Trinajstić information content (AvgIpc) is 2.55. The maximum atomic E-state index is 5.79. The highest BCUT2D eigenvalue weighted by atomic mass is 79.9. The Kier molecular flexibility index (Phi) is 5.28. The van der Waals surface area contributed by atoms with E-state index in [1.165, 1.54) is 33.7 Å². The second kappa shape index (κ2) is 7.39. The summed E-state index contributed by atoms with van der Waals surface area (Å²) in [6.07, 6.45) is 5.51. The predicted octanol–water partition coefficient (Wildman–Crippen LogP) is 5.08. The van der Waals surface area contributed by atoms with E-state index in [9.17, 15) is 0 Å². The van der Waals surface area contributed by atoms with Crippen molar-refractivity contribution in [3.05, 3.63) is 46.4 Å². The zero-order valence-corrected chi connectivity index (χ0v) is 13.8. The number of benzene rings is 2. The lowest BCUT2D eigenvalue weighted by Gasteiger charge is -2.22. The molecule has 1 heterocycles. The van der Waals surface area contributed by atoms with Gasteiger partial charge in [0.05, 0.1) is 6.61 Å². The van der Waals surface area contributed by atoms with Gasteiger partial charge in [0.25, 0.3) is 0 Å². The third-order valence-corrected chi connectivity index (χ3v) is 4.91. The van der Waals surface area contributed by atoms with Crippen LogP contribution in [0, 0.1) is 0 Å². The molecule has 1 fully saturated rings. The predicted molar refractivity (Wildman–Crippen MR) is 89.5 cm³/mol. The monoisotopic (exact) mass is 348 g/mol. The van der Waals surface area contributed by atoms with Crippen LogP contribution < -0.4 is 0 Å². The van der Waals surface area contributed by atoms with Crippen LogP contribution in [0.1, 0.15) is 31.2 Å². The molecule has 0 spiro atoms. The van der Waals surface area contributed by atoms with E-state index >= 15 is 0 Å². The van der Waals surface area contributed by atoms with E-state index in [1.54, 1.807) is 0 Å². The largest absolute Gasteiger partial charge is 0.353 e. The van der Waals surface area contributed by atoms with Crippen LogP contribution in [0.15, 0.2) is 40.9 Å². The quantitative estimate of drug-likeness (QED) is 0.701. The van der Waals surface area contributed by atoms with E-state index in [0.717, 1.165) is 32.5 Å². The van der Waals surface area contributed by atoms with E-state index in [1.807, 2.05) is 0 Å². The molecule has 3 rings (SSSR count). The Morgan fingerprint density at radius 3 is 2.90 bits per heavy atom. The van der Waals surface area contributed by atoms with Gasteiger partial charge in [-0.2, -0.15) is 0 Å². The van der Waals surface area contributed by atoms with Crippen LogP contribution in [0.5, 0.6) is 0 Å². The second-order valence-corrected chi connectivity index (χ2v) is 6.32. The number of halogens is 1. The van der Waals surface area contributed by atoms with Gasteiger partial charge in [-0.3, -0.25) is 0 Å². The molecule has 0 aliphatic carbocycles. The third-order valence-electron chi connectivity index (χ3n) is 3.98. The van der Waals surface area contributed by atoms with Gasteiger partial charge in [0.15, 0.2) is 6.29 Å². The van der Waals surface area contributed by atoms with Crippen LogP contribution in [0.2, 0.25) is 0 Å². The van der Waals surface area contributed by atoms with Crippen molar-refractivity contribution in [2.45, 2.75) is 38.4 Å². The number of rotatable bonds is 5. The fraction of sp³-hybridized carbons (Fsp3) is 0.444. The molecule has 0 unspecified atom stereocenters. The highest BCUT2D eigenvalue weighted by Crippen LogP contribution is 2.28. The first-order valence-electron chi connectivity index (χ1n) is 7.74. The van der Waals surface area contributed by atoms with Gasteiger partial charge in [-0.1, -0.05) is 36.4 Å². The SMILES string of the molecule is Brc1c(CCCO[C@@H]2CCCCO2)ccc2ccccc12. The Labute approximate surface area is 134 Å². The summed E-state index contributed by atoms with van der Waals surface area (Å²) >= 11 is 3.75. The van der Waals surface area contributed by atoms with Gasteiger partial charge in [-0.05, 0) is 64.4 Å². The summed E-state index contributed by atoms with van der Waals surface area (Å²) in [5.74, 6) is 0. The van der Waals surface area contributed by atoms with Gasteiger partial charge in [0.1, 0.15) is 0 Å². The first kappa shape index (κ1) is 15.0. The lowest BCUT2D eigenvalue weighted by atomic mass is 10.0. The van der Waals surface area contributed by atoms with Crippen molar-refractivity contribution in [3.8, 4) is 0 Å². The summed E-state index contributed by atoms with van der Waals surface area (Å²) in [5.41, 5.74) is 1.35. The summed E-state index contributed by atoms with van der Waals surface area (Å²) in [7, 11) is 0. The Hall–Kier alpha value is -0.900. The molecule has 0 N–H and O–H groups in total. The van der Waals surface area contributed by atoms with Gasteiger partial charge in [-0.15, -0.1) is 0 Å². The van der Waals surface area contributed by atoms with Crippen LogP contribution in [-0.4, -0.2) is 19.5 Å². The molecular weight excluding hydrogens is 328 g/mol. The fourth-order valence-corrected chi connectivity index (χ4v) is 3.48. The molecule has 1 aliphatic rings. The number of fused-ring (bicyclic) bond motifs is 1. The minimum Gasteiger partial charge on any atom is -0.353 e. The highest BCUT2D eigenvalue weighted by Gasteiger charge is 2.13. The molecule has 112 valence electrons. The number of aryl methyl sites for hydroxylation is 1. The lowest BCUT2D eigenvalue weighted by Crippen LogP contribution is -2.22. The minimum atomic E-state index is 0.0267. The molecule has 3 heteroatoms. The summed E-state index contributed by atoms with van der Waals surface area (Å²) < 4.78 is 12.6. The molecule has 2 aromatic rings. The van der Waals surface area contributed by atoms with Crippen LogP contribution in [0.3, 0.4) is 0 Å². The van der Waals surface area contributed by atoms with Crippen LogP contribution >= 0.6 is 15.9 Å². The first-order valence-corrected chi connectivity index (χ1v) is 8.53. The molecule has 1 saturated heterocycles. The van der Waals surface area contributed by atoms with Crippen molar-refractivity contribution in [2.24, 2.45) is 0 Å². The molecule has 0 amide bonds. The van der Waals surface area contributed by atoms with E-state index in [2.05, 4.69) is 52.3 Å². The zero-order chi connectivity index (χ0) is 14.5. The molecule has 2 nitrogen and oxygen atoms in total. The second-order valence-electron chi connectivity index (χ2n) is 5.53. The smallest absolute Gasteiger partial charge is 0.157 e. The normalized spacial score (nSPS) is 19.0. The number of hydrogen-bond donors (Lipinski definition) is 0. The van der Waals surface area contributed by atoms with Crippen molar-refractivity contribution in [1.29, 1.82) is 0 Å². The Bertz CT molecular complexity index is 591. The number of hydrogen-bond acceptors (Lipinski definition) is 2. The maximum Gasteiger partial charge on any atom is 0.157 e. The lowest BCUT2D eigenvalue weighted by molar-refractivity contribution is -0.162. The first-order chi connectivity index (χ1) is 10.3. The number of ether oxygens (including phenoxy) is 2. The van der Waals surface area contributed by atoms with Crippen molar-refractivity contribution in [3.63, 3.8) is 0 Å². The summed E-state index contributed by atoms with van der Waals surface area (Å²) in [6.45, 7) is 1.62. The van der Waals surface area contributed by atoms with Crippen molar-refractivity contribution >= 4 is 26.7 Å². The highest BCUT2D eigenvalue weighted by molar-refractivity contribution is 9.10. The van der Waals surface area contributed by atoms with Gasteiger partial charge >= 0.3 is 0 Å². The van der Waals surface area contributed by atoms with Crippen molar-refractivity contribution < 1.29 is 9.47 Å². The molecular formula is C18H21BrO2. The van der Waals surface area contributed by atoms with E-state index < -0.39 is 0 Å². The Balaban J connectivity index is 1.54. The molecule has 21 heavy (non-hydrogen) atoms. The summed E-state index contributed by atoms with van der Waals surface area (Å²) in [6, 6.07) is 12.9. The maximum absolute atomic E-state index is 5.79. The summed E-state index contributed by atoms with van der Waals surface area (Å²) in [4.78, 5) is 0. The molecule has 0 aromatic heterocycles. The minimum absolute atomic E-state index is 0.0267. The van der Waals surface area contributed by atoms with E-state index in [0.29, 0.717) is 0 Å². The Morgan fingerprint density at radius 1 is 1.14 bits per heavy atom. The fourth-order valence-electron chi connectivity index (χ4n) is 2.79. The van der Waals surface area contributed by atoms with Gasteiger partial charge < -0.3 is 9.47 Å². The molecule has 2 aromatic carbocycles. The molecule has 0 radical (unpaired) electrons. The average molecular weight is 349 g/mol.